The van der Waals surface area contributed by atoms with E-state index in [0.29, 0.717) is 18.5 Å². The third-order valence-corrected chi connectivity index (χ3v) is 6.12. The van der Waals surface area contributed by atoms with Crippen LogP contribution in [0.25, 0.3) is 16.6 Å². The van der Waals surface area contributed by atoms with Crippen LogP contribution in [0.4, 0.5) is 0 Å². The Labute approximate surface area is 163 Å². The number of rotatable bonds is 3. The molecule has 1 saturated heterocycles. The molecule has 1 aliphatic heterocycles. The van der Waals surface area contributed by atoms with Crippen LogP contribution in [0.1, 0.15) is 18.4 Å². The fourth-order valence-electron chi connectivity index (χ4n) is 4.00. The van der Waals surface area contributed by atoms with Gasteiger partial charge in [-0.15, -0.1) is 0 Å². The Morgan fingerprint density at radius 1 is 1.19 bits per heavy atom. The van der Waals surface area contributed by atoms with Crippen LogP contribution in [0.5, 0.6) is 0 Å². The second-order valence-electron chi connectivity index (χ2n) is 7.68. The number of nitrogens with zero attached hydrogens (tertiary/aromatic N) is 5. The molecule has 6 nitrogen and oxygen atoms in total. The summed E-state index contributed by atoms with van der Waals surface area (Å²) in [6, 6.07) is 10.4. The summed E-state index contributed by atoms with van der Waals surface area (Å²) in [7, 11) is 0. The third kappa shape index (κ3) is 2.95. The van der Waals surface area contributed by atoms with Crippen molar-refractivity contribution in [1.29, 1.82) is 0 Å². The first-order valence-electron chi connectivity index (χ1n) is 9.61. The van der Waals surface area contributed by atoms with E-state index >= 15 is 0 Å². The molecule has 2 aliphatic rings. The highest BCUT2D eigenvalue weighted by Gasteiger charge is 2.34. The minimum absolute atomic E-state index is 0.306. The topological polar surface area (TPSA) is 45.8 Å². The zero-order valence-corrected chi connectivity index (χ0v) is 16.3. The molecule has 0 unspecified atom stereocenters. The van der Waals surface area contributed by atoms with Crippen LogP contribution in [-0.4, -0.2) is 56.1 Å². The lowest BCUT2D eigenvalue weighted by atomic mass is 10.1. The molecule has 140 valence electrons. The van der Waals surface area contributed by atoms with Crippen molar-refractivity contribution in [3.63, 3.8) is 0 Å². The molecule has 0 spiro atoms. The van der Waals surface area contributed by atoms with E-state index in [0.717, 1.165) is 55.0 Å². The molecule has 2 fully saturated rings. The molecule has 1 amide bonds. The number of aryl methyl sites for hydroxylation is 1. The lowest BCUT2D eigenvalue weighted by Gasteiger charge is -2.34. The first-order valence-corrected chi connectivity index (χ1v) is 10.0. The number of carbonyl (C=O) groups is 1. The van der Waals surface area contributed by atoms with Crippen molar-refractivity contribution in [2.24, 2.45) is 5.92 Å². The summed E-state index contributed by atoms with van der Waals surface area (Å²) >= 11 is 5.75. The fraction of sp³-hybridized carbons (Fsp3) is 0.450. The number of piperazine rings is 1. The number of pyridine rings is 1. The molecule has 3 aromatic rings. The lowest BCUT2D eigenvalue weighted by molar-refractivity contribution is -0.134. The van der Waals surface area contributed by atoms with Gasteiger partial charge >= 0.3 is 0 Å². The smallest absolute Gasteiger partial charge is 0.225 e. The molecule has 1 aliphatic carbocycles. The molecule has 0 bridgehead atoms. The van der Waals surface area contributed by atoms with Gasteiger partial charge in [-0.25, -0.2) is 4.68 Å². The van der Waals surface area contributed by atoms with Gasteiger partial charge in [0.25, 0.3) is 0 Å². The molecule has 0 atom stereocenters. The number of hydrogen-bond acceptors (Lipinski definition) is 4. The Hall–Kier alpha value is -2.25. The summed E-state index contributed by atoms with van der Waals surface area (Å²) in [6.45, 7) is 6.12. The van der Waals surface area contributed by atoms with E-state index in [1.54, 1.807) is 0 Å². The highest BCUT2D eigenvalue weighted by molar-refractivity contribution is 7.71. The summed E-state index contributed by atoms with van der Waals surface area (Å²) in [5.74, 6) is 0.654. The van der Waals surface area contributed by atoms with Crippen molar-refractivity contribution in [3.05, 3.63) is 40.7 Å². The number of hydrogen-bond donors (Lipinski definition) is 0. The molecular formula is C20H23N5OS. The molecule has 3 heterocycles. The minimum Gasteiger partial charge on any atom is -0.340 e. The molecule has 5 rings (SSSR count). The predicted molar refractivity (Wildman–Crippen MR) is 107 cm³/mol. The molecule has 1 saturated carbocycles. The highest BCUT2D eigenvalue weighted by atomic mass is 32.1. The Morgan fingerprint density at radius 2 is 1.93 bits per heavy atom. The van der Waals surface area contributed by atoms with E-state index in [1.165, 1.54) is 10.9 Å². The van der Waals surface area contributed by atoms with E-state index < -0.39 is 0 Å². The average molecular weight is 382 g/mol. The maximum Gasteiger partial charge on any atom is 0.225 e. The van der Waals surface area contributed by atoms with Crippen LogP contribution in [0.15, 0.2) is 30.3 Å². The molecule has 0 N–H and O–H groups in total. The summed E-state index contributed by atoms with van der Waals surface area (Å²) < 4.78 is 4.69. The van der Waals surface area contributed by atoms with Gasteiger partial charge in [-0.1, -0.05) is 18.2 Å². The fourth-order valence-corrected chi connectivity index (χ4v) is 4.29. The lowest BCUT2D eigenvalue weighted by Crippen LogP contribution is -2.49. The third-order valence-electron chi connectivity index (χ3n) is 5.72. The van der Waals surface area contributed by atoms with Crippen LogP contribution in [0, 0.1) is 17.6 Å². The first-order chi connectivity index (χ1) is 13.1. The second-order valence-corrected chi connectivity index (χ2v) is 8.04. The Balaban J connectivity index is 1.40. The van der Waals surface area contributed by atoms with Crippen molar-refractivity contribution in [3.8, 4) is 0 Å². The molecule has 27 heavy (non-hydrogen) atoms. The number of benzene rings is 1. The van der Waals surface area contributed by atoms with E-state index in [-0.39, 0.29) is 0 Å². The van der Waals surface area contributed by atoms with Crippen LogP contribution in [-0.2, 0) is 11.5 Å². The Bertz CT molecular complexity index is 1090. The maximum absolute atomic E-state index is 12.2. The van der Waals surface area contributed by atoms with Crippen molar-refractivity contribution in [2.75, 3.05) is 26.2 Å². The number of aromatic nitrogens is 3. The van der Waals surface area contributed by atoms with Gasteiger partial charge in [0.15, 0.2) is 5.65 Å². The van der Waals surface area contributed by atoms with E-state index in [9.17, 15) is 4.79 Å². The summed E-state index contributed by atoms with van der Waals surface area (Å²) in [6.07, 6.45) is 2.14. The monoisotopic (exact) mass is 381 g/mol. The van der Waals surface area contributed by atoms with Crippen molar-refractivity contribution < 1.29 is 4.79 Å². The summed E-state index contributed by atoms with van der Waals surface area (Å²) in [5, 5.41) is 5.96. The minimum atomic E-state index is 0.306. The molecule has 7 heteroatoms. The first kappa shape index (κ1) is 16.9. The van der Waals surface area contributed by atoms with E-state index in [4.69, 9.17) is 17.3 Å². The van der Waals surface area contributed by atoms with Crippen LogP contribution in [0.2, 0.25) is 0 Å². The average Bonchev–Trinajstić information content (AvgIpc) is 3.48. The van der Waals surface area contributed by atoms with E-state index in [2.05, 4.69) is 40.5 Å². The van der Waals surface area contributed by atoms with Gasteiger partial charge in [-0.2, -0.15) is 5.10 Å². The van der Waals surface area contributed by atoms with Gasteiger partial charge in [-0.05, 0) is 49.7 Å². The predicted octanol–water partition coefficient (Wildman–Crippen LogP) is 2.84. The quantitative estimate of drug-likeness (QED) is 0.655. The standard InChI is InChI=1S/C20H23N5OS/c1-14-12-18-21-24(20(27)25(18)17-5-3-2-4-16(14)17)13-22-8-10-23(11-9-22)19(26)15-6-7-15/h2-5,12,15H,6-11,13H2,1H3. The Kier molecular flexibility index (Phi) is 4.02. The van der Waals surface area contributed by atoms with Gasteiger partial charge in [0.1, 0.15) is 0 Å². The van der Waals surface area contributed by atoms with Crippen molar-refractivity contribution in [1.82, 2.24) is 24.0 Å². The van der Waals surface area contributed by atoms with Crippen LogP contribution < -0.4 is 0 Å². The van der Waals surface area contributed by atoms with Crippen molar-refractivity contribution >= 4 is 34.7 Å². The zero-order chi connectivity index (χ0) is 18.5. The zero-order valence-electron chi connectivity index (χ0n) is 15.5. The largest absolute Gasteiger partial charge is 0.340 e. The number of amides is 1. The number of para-hydroxylation sites is 1. The van der Waals surface area contributed by atoms with Gasteiger partial charge in [-0.3, -0.25) is 14.1 Å². The molecule has 2 aromatic heterocycles. The summed E-state index contributed by atoms with van der Waals surface area (Å²) in [4.78, 5) is 16.6. The SMILES string of the molecule is Cc1cc2nn(CN3CCN(C(=O)C4CC4)CC3)c(=S)n2c2ccccc12. The molecule has 0 radical (unpaired) electrons. The Morgan fingerprint density at radius 3 is 2.67 bits per heavy atom. The van der Waals surface area contributed by atoms with Crippen molar-refractivity contribution in [2.45, 2.75) is 26.4 Å². The van der Waals surface area contributed by atoms with Crippen LogP contribution >= 0.6 is 12.2 Å². The van der Waals surface area contributed by atoms with Crippen LogP contribution in [0.3, 0.4) is 0 Å². The number of fused-ring (bicyclic) bond motifs is 3. The molecule has 1 aromatic carbocycles. The highest BCUT2D eigenvalue weighted by Crippen LogP contribution is 2.31. The van der Waals surface area contributed by atoms with Gasteiger partial charge in [0, 0.05) is 37.5 Å². The normalized spacial score (nSPS) is 18.5. The second kappa shape index (κ2) is 6.42. The number of carbonyl (C=O) groups excluding carboxylic acids is 1. The van der Waals surface area contributed by atoms with E-state index in [1.807, 2.05) is 15.6 Å². The maximum atomic E-state index is 12.2. The van der Waals surface area contributed by atoms with Gasteiger partial charge < -0.3 is 4.90 Å². The van der Waals surface area contributed by atoms with Gasteiger partial charge in [0.2, 0.25) is 10.7 Å². The summed E-state index contributed by atoms with van der Waals surface area (Å²) in [5.41, 5.74) is 3.19. The molecular weight excluding hydrogens is 358 g/mol. The van der Waals surface area contributed by atoms with Gasteiger partial charge in [0.05, 0.1) is 12.2 Å².